The Balaban J connectivity index is 1.59. The fraction of sp³-hybridized carbons (Fsp3) is 0.241. The van der Waals surface area contributed by atoms with Crippen LogP contribution in [0.5, 0.6) is 0 Å². The van der Waals surface area contributed by atoms with Crippen molar-refractivity contribution in [1.29, 1.82) is 0 Å². The number of hydrogen-bond donors (Lipinski definition) is 3. The third kappa shape index (κ3) is 6.07. The van der Waals surface area contributed by atoms with E-state index in [1.165, 1.54) is 16.8 Å². The van der Waals surface area contributed by atoms with E-state index in [0.29, 0.717) is 39.5 Å². The van der Waals surface area contributed by atoms with Crippen LogP contribution in [0.3, 0.4) is 0 Å². The van der Waals surface area contributed by atoms with Crippen molar-refractivity contribution in [3.63, 3.8) is 0 Å². The van der Waals surface area contributed by atoms with Crippen LogP contribution in [0.25, 0.3) is 11.3 Å². The molecular weight excluding hydrogens is 594 g/mol. The average molecular weight is 618 g/mol. The summed E-state index contributed by atoms with van der Waals surface area (Å²) in [4.78, 5) is 38.2. The standard InChI is InChI=1S/C29H24Cl2F3N5O3/c1-15(16-6-10-18(11-7-16)29(32,33)34)35-27(41)24-20(14-22-26(40)37-28(42)36-22)25(17-8-12-19(30)13-9-17)39(38-24)23-5-3-2-4-21(23)31/h2-12,15,19,22H,13-14H2,1H3,(H,35,41)(H2,36,37,40,42)/t15-,19?,22?/m1/s1. The van der Waals surface area contributed by atoms with Gasteiger partial charge in [-0.25, -0.2) is 9.48 Å². The van der Waals surface area contributed by atoms with Crippen LogP contribution in [-0.4, -0.2) is 39.0 Å². The monoisotopic (exact) mass is 617 g/mol. The van der Waals surface area contributed by atoms with E-state index in [9.17, 15) is 27.6 Å². The van der Waals surface area contributed by atoms with Crippen molar-refractivity contribution in [3.05, 3.63) is 99.9 Å². The number of urea groups is 1. The van der Waals surface area contributed by atoms with Crippen LogP contribution in [0, 0.1) is 0 Å². The largest absolute Gasteiger partial charge is 0.416 e. The molecule has 218 valence electrons. The summed E-state index contributed by atoms with van der Waals surface area (Å²) in [6.45, 7) is 1.63. The molecule has 3 N–H and O–H groups in total. The molecule has 1 saturated heterocycles. The van der Waals surface area contributed by atoms with Crippen molar-refractivity contribution in [2.24, 2.45) is 0 Å². The molecule has 0 bridgehead atoms. The number of imide groups is 1. The molecule has 1 aromatic heterocycles. The maximum absolute atomic E-state index is 13.8. The van der Waals surface area contributed by atoms with Crippen LogP contribution in [0.2, 0.25) is 5.02 Å². The first-order valence-corrected chi connectivity index (χ1v) is 13.7. The summed E-state index contributed by atoms with van der Waals surface area (Å²) in [5.41, 5.74) is 1.57. The van der Waals surface area contributed by atoms with Gasteiger partial charge in [-0.05, 0) is 48.7 Å². The van der Waals surface area contributed by atoms with Gasteiger partial charge in [-0.1, -0.05) is 54.1 Å². The van der Waals surface area contributed by atoms with Gasteiger partial charge in [0.2, 0.25) is 0 Å². The molecule has 3 atom stereocenters. The lowest BCUT2D eigenvalue weighted by Crippen LogP contribution is -2.33. The van der Waals surface area contributed by atoms with E-state index in [-0.39, 0.29) is 17.5 Å². The maximum Gasteiger partial charge on any atom is 0.416 e. The van der Waals surface area contributed by atoms with E-state index >= 15 is 0 Å². The topological polar surface area (TPSA) is 105 Å². The molecular formula is C29H24Cl2F3N5O3. The lowest BCUT2D eigenvalue weighted by molar-refractivity contribution is -0.137. The fourth-order valence-electron chi connectivity index (χ4n) is 4.81. The highest BCUT2D eigenvalue weighted by atomic mass is 35.5. The van der Waals surface area contributed by atoms with Crippen LogP contribution in [0.1, 0.15) is 52.3 Å². The first kappa shape index (κ1) is 29.4. The number of halogens is 5. The molecule has 1 aliphatic carbocycles. The van der Waals surface area contributed by atoms with Crippen LogP contribution in [0.15, 0.2) is 66.8 Å². The second-order valence-corrected chi connectivity index (χ2v) is 10.8. The van der Waals surface area contributed by atoms with Gasteiger partial charge in [-0.3, -0.25) is 14.9 Å². The van der Waals surface area contributed by atoms with Crippen molar-refractivity contribution in [2.75, 3.05) is 0 Å². The highest BCUT2D eigenvalue weighted by Crippen LogP contribution is 2.34. The average Bonchev–Trinajstić information content (AvgIpc) is 3.47. The van der Waals surface area contributed by atoms with E-state index in [2.05, 4.69) is 21.0 Å². The van der Waals surface area contributed by atoms with Gasteiger partial charge >= 0.3 is 12.2 Å². The molecule has 0 saturated carbocycles. The molecule has 8 nitrogen and oxygen atoms in total. The van der Waals surface area contributed by atoms with E-state index in [1.807, 2.05) is 6.08 Å². The van der Waals surface area contributed by atoms with Crippen LogP contribution < -0.4 is 16.0 Å². The molecule has 2 aromatic carbocycles. The molecule has 0 radical (unpaired) electrons. The maximum atomic E-state index is 13.8. The Morgan fingerprint density at radius 2 is 1.88 bits per heavy atom. The molecule has 0 spiro atoms. The minimum atomic E-state index is -4.49. The van der Waals surface area contributed by atoms with Crippen molar-refractivity contribution in [3.8, 4) is 5.69 Å². The quantitative estimate of drug-likeness (QED) is 0.232. The molecule has 2 unspecified atom stereocenters. The summed E-state index contributed by atoms with van der Waals surface area (Å²) in [5, 5.41) is 12.3. The van der Waals surface area contributed by atoms with E-state index < -0.39 is 41.7 Å². The number of para-hydroxylation sites is 1. The molecule has 13 heteroatoms. The Morgan fingerprint density at radius 1 is 1.17 bits per heavy atom. The third-order valence-electron chi connectivity index (χ3n) is 6.95. The number of nitrogens with zero attached hydrogens (tertiary/aromatic N) is 2. The number of carbonyl (C=O) groups excluding carboxylic acids is 3. The first-order valence-electron chi connectivity index (χ1n) is 12.9. The van der Waals surface area contributed by atoms with Crippen molar-refractivity contribution < 1.29 is 27.6 Å². The second-order valence-electron chi connectivity index (χ2n) is 9.84. The smallest absolute Gasteiger partial charge is 0.344 e. The predicted molar refractivity (Wildman–Crippen MR) is 151 cm³/mol. The SMILES string of the molecule is C[C@@H](NC(=O)c1nn(-c2ccccc2Cl)c(C2=CCC(Cl)C=C2)c1CC1NC(=O)NC1=O)c1ccc(C(F)(F)F)cc1. The normalized spacial score (nSPS) is 19.2. The van der Waals surface area contributed by atoms with Gasteiger partial charge in [0.15, 0.2) is 5.69 Å². The zero-order valence-electron chi connectivity index (χ0n) is 22.0. The molecule has 2 aliphatic rings. The first-order chi connectivity index (χ1) is 19.9. The number of rotatable bonds is 7. The molecule has 4 amide bonds. The molecule has 1 aliphatic heterocycles. The third-order valence-corrected chi connectivity index (χ3v) is 7.60. The van der Waals surface area contributed by atoms with Crippen LogP contribution in [-0.2, 0) is 17.4 Å². The van der Waals surface area contributed by atoms with Gasteiger partial charge < -0.3 is 10.6 Å². The summed E-state index contributed by atoms with van der Waals surface area (Å²) in [6, 6.07) is 9.03. The van der Waals surface area contributed by atoms with Crippen molar-refractivity contribution >= 4 is 46.6 Å². The lowest BCUT2D eigenvalue weighted by atomic mass is 9.95. The van der Waals surface area contributed by atoms with Gasteiger partial charge in [-0.15, -0.1) is 11.6 Å². The fourth-order valence-corrected chi connectivity index (χ4v) is 5.18. The Morgan fingerprint density at radius 3 is 2.48 bits per heavy atom. The predicted octanol–water partition coefficient (Wildman–Crippen LogP) is 5.74. The van der Waals surface area contributed by atoms with E-state index in [1.54, 1.807) is 43.3 Å². The van der Waals surface area contributed by atoms with Crippen LogP contribution in [0.4, 0.5) is 18.0 Å². The molecule has 5 rings (SSSR count). The summed E-state index contributed by atoms with van der Waals surface area (Å²) >= 11 is 12.8. The second kappa shape index (κ2) is 11.7. The van der Waals surface area contributed by atoms with Crippen LogP contribution >= 0.6 is 23.2 Å². The number of hydrogen-bond acceptors (Lipinski definition) is 4. The Bertz CT molecular complexity index is 1620. The number of allylic oxidation sites excluding steroid dienone is 4. The van der Waals surface area contributed by atoms with Gasteiger partial charge in [-0.2, -0.15) is 18.3 Å². The lowest BCUT2D eigenvalue weighted by Gasteiger charge is -2.17. The molecule has 3 aromatic rings. The minimum Gasteiger partial charge on any atom is -0.344 e. The van der Waals surface area contributed by atoms with Gasteiger partial charge in [0.25, 0.3) is 11.8 Å². The molecule has 42 heavy (non-hydrogen) atoms. The number of nitrogens with one attached hydrogen (secondary N) is 3. The van der Waals surface area contributed by atoms with Gasteiger partial charge in [0.05, 0.1) is 33.4 Å². The molecule has 2 heterocycles. The number of benzene rings is 2. The van der Waals surface area contributed by atoms with Crippen molar-refractivity contribution in [2.45, 2.75) is 43.4 Å². The Kier molecular flexibility index (Phi) is 8.16. The zero-order valence-corrected chi connectivity index (χ0v) is 23.5. The summed E-state index contributed by atoms with van der Waals surface area (Å²) < 4.78 is 40.6. The minimum absolute atomic E-state index is 0.0417. The summed E-state index contributed by atoms with van der Waals surface area (Å²) in [5.74, 6) is -1.19. The highest BCUT2D eigenvalue weighted by Gasteiger charge is 2.35. The highest BCUT2D eigenvalue weighted by molar-refractivity contribution is 6.32. The van der Waals surface area contributed by atoms with Gasteiger partial charge in [0, 0.05) is 12.0 Å². The number of alkyl halides is 4. The zero-order chi connectivity index (χ0) is 30.2. The van der Waals surface area contributed by atoms with E-state index in [4.69, 9.17) is 23.2 Å². The summed E-state index contributed by atoms with van der Waals surface area (Å²) in [6.07, 6.45) is 1.38. The van der Waals surface area contributed by atoms with Crippen molar-refractivity contribution in [1.82, 2.24) is 25.7 Å². The Hall–Kier alpha value is -4.09. The number of aromatic nitrogens is 2. The number of amides is 4. The van der Waals surface area contributed by atoms with E-state index in [0.717, 1.165) is 12.1 Å². The van der Waals surface area contributed by atoms with Gasteiger partial charge in [0.1, 0.15) is 6.04 Å². The summed E-state index contributed by atoms with van der Waals surface area (Å²) in [7, 11) is 0. The molecule has 1 fully saturated rings. The number of carbonyl (C=O) groups is 3. The Labute approximate surface area is 248 Å².